The van der Waals surface area contributed by atoms with Crippen molar-refractivity contribution in [2.45, 2.75) is 33.1 Å². The molecule has 1 aromatic carbocycles. The lowest BCUT2D eigenvalue weighted by Crippen LogP contribution is -2.43. The standard InChI is InChI=1S/C21H25N5O2S/c1-14-5-7-16(8-6-14)9-10-22-19(28)17-4-3-11-25(13-17)21-24-26-18(27)12-15(2)23-20(26)29-21/h5-8,12,17H,3-4,9-11,13H2,1-2H3,(H,22,28). The summed E-state index contributed by atoms with van der Waals surface area (Å²) < 4.78 is 1.35. The van der Waals surface area contributed by atoms with E-state index in [1.807, 2.05) is 0 Å². The van der Waals surface area contributed by atoms with Crippen LogP contribution in [-0.4, -0.2) is 40.1 Å². The van der Waals surface area contributed by atoms with Crippen molar-refractivity contribution < 1.29 is 4.79 Å². The van der Waals surface area contributed by atoms with Gasteiger partial charge in [0, 0.05) is 31.4 Å². The van der Waals surface area contributed by atoms with Crippen LogP contribution in [0.1, 0.15) is 29.7 Å². The molecule has 3 aromatic rings. The maximum atomic E-state index is 12.7. The van der Waals surface area contributed by atoms with E-state index in [1.165, 1.54) is 33.0 Å². The van der Waals surface area contributed by atoms with Crippen LogP contribution in [0.2, 0.25) is 0 Å². The lowest BCUT2D eigenvalue weighted by molar-refractivity contribution is -0.125. The Balaban J connectivity index is 1.37. The van der Waals surface area contributed by atoms with Crippen molar-refractivity contribution in [3.63, 3.8) is 0 Å². The van der Waals surface area contributed by atoms with Gasteiger partial charge in [-0.1, -0.05) is 41.2 Å². The maximum absolute atomic E-state index is 12.7. The normalized spacial score (nSPS) is 16.9. The average molecular weight is 412 g/mol. The Morgan fingerprint density at radius 3 is 2.86 bits per heavy atom. The van der Waals surface area contributed by atoms with E-state index in [0.29, 0.717) is 23.7 Å². The number of fused-ring (bicyclic) bond motifs is 1. The smallest absolute Gasteiger partial charge is 0.275 e. The van der Waals surface area contributed by atoms with Gasteiger partial charge in [0.2, 0.25) is 16.0 Å². The summed E-state index contributed by atoms with van der Waals surface area (Å²) in [6.07, 6.45) is 2.62. The third kappa shape index (κ3) is 4.48. The molecule has 1 aliphatic heterocycles. The number of nitrogens with zero attached hydrogens (tertiary/aromatic N) is 4. The van der Waals surface area contributed by atoms with Gasteiger partial charge in [-0.3, -0.25) is 9.59 Å². The predicted octanol–water partition coefficient (Wildman–Crippen LogP) is 2.34. The van der Waals surface area contributed by atoms with E-state index in [2.05, 4.69) is 51.5 Å². The zero-order valence-electron chi connectivity index (χ0n) is 16.7. The summed E-state index contributed by atoms with van der Waals surface area (Å²) in [5, 5.41) is 8.26. The SMILES string of the molecule is Cc1ccc(CCNC(=O)C2CCCN(c3nn4c(=O)cc(C)nc4s3)C2)cc1. The number of rotatable bonds is 5. The largest absolute Gasteiger partial charge is 0.355 e. The Labute approximate surface area is 173 Å². The molecule has 1 saturated heterocycles. The molecule has 0 aliphatic carbocycles. The van der Waals surface area contributed by atoms with Gasteiger partial charge in [-0.05, 0) is 38.7 Å². The summed E-state index contributed by atoms with van der Waals surface area (Å²) in [6, 6.07) is 9.88. The van der Waals surface area contributed by atoms with Gasteiger partial charge in [0.1, 0.15) is 0 Å². The van der Waals surface area contributed by atoms with Crippen LogP contribution in [0.5, 0.6) is 0 Å². The molecular weight excluding hydrogens is 386 g/mol. The molecule has 0 spiro atoms. The highest BCUT2D eigenvalue weighted by molar-refractivity contribution is 7.20. The lowest BCUT2D eigenvalue weighted by Gasteiger charge is -2.31. The zero-order chi connectivity index (χ0) is 20.4. The number of benzene rings is 1. The van der Waals surface area contributed by atoms with Gasteiger partial charge in [0.25, 0.3) is 5.56 Å². The molecule has 0 bridgehead atoms. The number of nitrogens with one attached hydrogen (secondary N) is 1. The third-order valence-corrected chi connectivity index (χ3v) is 6.23. The number of carbonyl (C=O) groups is 1. The minimum Gasteiger partial charge on any atom is -0.355 e. The molecule has 2 aromatic heterocycles. The van der Waals surface area contributed by atoms with E-state index in [-0.39, 0.29) is 17.4 Å². The number of carbonyl (C=O) groups excluding carboxylic acids is 1. The van der Waals surface area contributed by atoms with E-state index < -0.39 is 0 Å². The molecule has 152 valence electrons. The monoisotopic (exact) mass is 411 g/mol. The first-order valence-corrected chi connectivity index (χ1v) is 10.8. The van der Waals surface area contributed by atoms with E-state index >= 15 is 0 Å². The number of amides is 1. The fourth-order valence-electron chi connectivity index (χ4n) is 3.63. The van der Waals surface area contributed by atoms with E-state index in [9.17, 15) is 9.59 Å². The van der Waals surface area contributed by atoms with Gasteiger partial charge in [-0.25, -0.2) is 4.98 Å². The Bertz CT molecular complexity index is 1070. The Kier molecular flexibility index (Phi) is 5.62. The van der Waals surface area contributed by atoms with Crippen molar-refractivity contribution in [1.82, 2.24) is 19.9 Å². The molecule has 8 heteroatoms. The van der Waals surface area contributed by atoms with Crippen LogP contribution in [0, 0.1) is 19.8 Å². The van der Waals surface area contributed by atoms with Crippen LogP contribution in [0.25, 0.3) is 4.96 Å². The van der Waals surface area contributed by atoms with Gasteiger partial charge >= 0.3 is 0 Å². The van der Waals surface area contributed by atoms with Crippen LogP contribution in [0.3, 0.4) is 0 Å². The Morgan fingerprint density at radius 1 is 1.28 bits per heavy atom. The Hall–Kier alpha value is -2.74. The second kappa shape index (κ2) is 8.32. The van der Waals surface area contributed by atoms with Crippen molar-refractivity contribution in [3.05, 3.63) is 57.5 Å². The number of hydrogen-bond acceptors (Lipinski definition) is 6. The highest BCUT2D eigenvalue weighted by Crippen LogP contribution is 2.27. The molecule has 1 fully saturated rings. The predicted molar refractivity (Wildman–Crippen MR) is 115 cm³/mol. The fraction of sp³-hybridized carbons (Fsp3) is 0.429. The molecule has 29 heavy (non-hydrogen) atoms. The third-order valence-electron chi connectivity index (χ3n) is 5.26. The first kappa shape index (κ1) is 19.6. The van der Waals surface area contributed by atoms with Crippen molar-refractivity contribution >= 4 is 27.3 Å². The maximum Gasteiger partial charge on any atom is 0.275 e. The summed E-state index contributed by atoms with van der Waals surface area (Å²) >= 11 is 1.40. The van der Waals surface area contributed by atoms with Crippen LogP contribution in [0.15, 0.2) is 35.1 Å². The minimum absolute atomic E-state index is 0.0693. The number of hydrogen-bond donors (Lipinski definition) is 1. The number of anilines is 1. The number of piperidine rings is 1. The van der Waals surface area contributed by atoms with E-state index in [0.717, 1.165) is 30.9 Å². The topological polar surface area (TPSA) is 79.6 Å². The highest BCUT2D eigenvalue weighted by atomic mass is 32.1. The van der Waals surface area contributed by atoms with Crippen molar-refractivity contribution in [3.8, 4) is 0 Å². The zero-order valence-corrected chi connectivity index (χ0v) is 17.5. The van der Waals surface area contributed by atoms with Gasteiger partial charge < -0.3 is 10.2 Å². The first-order valence-electron chi connectivity index (χ1n) is 9.95. The van der Waals surface area contributed by atoms with Gasteiger partial charge in [-0.15, -0.1) is 5.10 Å². The quantitative estimate of drug-likeness (QED) is 0.697. The second-order valence-corrected chi connectivity index (χ2v) is 8.56. The minimum atomic E-state index is -0.169. The fourth-order valence-corrected chi connectivity index (χ4v) is 4.62. The molecular formula is C21H25N5O2S. The molecule has 4 rings (SSSR count). The number of aryl methyl sites for hydroxylation is 2. The summed E-state index contributed by atoms with van der Waals surface area (Å²) in [6.45, 7) is 5.96. The van der Waals surface area contributed by atoms with Gasteiger partial charge in [-0.2, -0.15) is 4.52 Å². The summed E-state index contributed by atoms with van der Waals surface area (Å²) in [4.78, 5) is 31.9. The van der Waals surface area contributed by atoms with E-state index in [1.54, 1.807) is 6.92 Å². The van der Waals surface area contributed by atoms with Crippen molar-refractivity contribution in [2.24, 2.45) is 5.92 Å². The summed E-state index contributed by atoms with van der Waals surface area (Å²) in [7, 11) is 0. The molecule has 1 atom stereocenters. The second-order valence-electron chi connectivity index (χ2n) is 7.63. The van der Waals surface area contributed by atoms with Crippen molar-refractivity contribution in [1.29, 1.82) is 0 Å². The molecule has 7 nitrogen and oxygen atoms in total. The lowest BCUT2D eigenvalue weighted by atomic mass is 9.97. The molecule has 1 aliphatic rings. The van der Waals surface area contributed by atoms with Gasteiger partial charge in [0.05, 0.1) is 5.92 Å². The number of aromatic nitrogens is 3. The molecule has 0 saturated carbocycles. The van der Waals surface area contributed by atoms with Crippen LogP contribution < -0.4 is 15.8 Å². The van der Waals surface area contributed by atoms with Crippen LogP contribution >= 0.6 is 11.3 Å². The summed E-state index contributed by atoms with van der Waals surface area (Å²) in [5.74, 6) is 0.0225. The molecule has 3 heterocycles. The van der Waals surface area contributed by atoms with Gasteiger partial charge in [0.15, 0.2) is 0 Å². The molecule has 1 amide bonds. The van der Waals surface area contributed by atoms with Crippen molar-refractivity contribution in [2.75, 3.05) is 24.5 Å². The van der Waals surface area contributed by atoms with E-state index in [4.69, 9.17) is 0 Å². The Morgan fingerprint density at radius 2 is 2.07 bits per heavy atom. The molecule has 1 N–H and O–H groups in total. The average Bonchev–Trinajstić information content (AvgIpc) is 3.14. The molecule has 0 radical (unpaired) electrons. The summed E-state index contributed by atoms with van der Waals surface area (Å²) in [5.41, 5.74) is 2.98. The molecule has 1 unspecified atom stereocenters. The highest BCUT2D eigenvalue weighted by Gasteiger charge is 2.27. The van der Waals surface area contributed by atoms with Crippen LogP contribution in [0.4, 0.5) is 5.13 Å². The first-order chi connectivity index (χ1) is 14.0. The van der Waals surface area contributed by atoms with Crippen LogP contribution in [-0.2, 0) is 11.2 Å².